The molecule has 2 aliphatic heterocycles. The van der Waals surface area contributed by atoms with Gasteiger partial charge in [0.1, 0.15) is 5.60 Å². The molecule has 0 radical (unpaired) electrons. The lowest BCUT2D eigenvalue weighted by atomic mass is 9.88. The molecule has 0 saturated carbocycles. The molecule has 0 aromatic heterocycles. The Hall–Kier alpha value is -0.120. The third kappa shape index (κ3) is 1.16. The van der Waals surface area contributed by atoms with Crippen molar-refractivity contribution in [2.24, 2.45) is 5.92 Å². The van der Waals surface area contributed by atoms with Gasteiger partial charge in [-0.25, -0.2) is 0 Å². The highest BCUT2D eigenvalue weighted by molar-refractivity contribution is 4.99. The first-order valence-corrected chi connectivity index (χ1v) is 4.68. The fourth-order valence-electron chi connectivity index (χ4n) is 2.16. The van der Waals surface area contributed by atoms with Gasteiger partial charge in [-0.05, 0) is 6.42 Å². The smallest absolute Gasteiger partial charge is 0.119 e. The summed E-state index contributed by atoms with van der Waals surface area (Å²) in [5.74, 6) is 0.220. The van der Waals surface area contributed by atoms with E-state index in [0.717, 1.165) is 12.8 Å². The fraction of sp³-hybridized carbons (Fsp3) is 1.00. The van der Waals surface area contributed by atoms with Gasteiger partial charge in [-0.15, -0.1) is 0 Å². The van der Waals surface area contributed by atoms with E-state index in [1.807, 2.05) is 0 Å². The average molecular weight is 172 g/mol. The van der Waals surface area contributed by atoms with Crippen molar-refractivity contribution in [2.45, 2.75) is 31.5 Å². The highest BCUT2D eigenvalue weighted by Crippen LogP contribution is 2.37. The van der Waals surface area contributed by atoms with Crippen molar-refractivity contribution >= 4 is 0 Å². The molecule has 70 valence electrons. The highest BCUT2D eigenvalue weighted by atomic mass is 16.6. The number of ether oxygens (including phenoxy) is 2. The lowest BCUT2D eigenvalue weighted by Crippen LogP contribution is -2.37. The van der Waals surface area contributed by atoms with Crippen LogP contribution in [-0.2, 0) is 9.47 Å². The molecule has 0 unspecified atom stereocenters. The second kappa shape index (κ2) is 2.98. The summed E-state index contributed by atoms with van der Waals surface area (Å²) in [6.07, 6.45) is 2.37. The maximum atomic E-state index is 9.98. The van der Waals surface area contributed by atoms with Gasteiger partial charge in [0.15, 0.2) is 0 Å². The molecule has 2 rings (SSSR count). The Kier molecular flexibility index (Phi) is 2.10. The maximum absolute atomic E-state index is 9.98. The molecule has 2 fully saturated rings. The summed E-state index contributed by atoms with van der Waals surface area (Å²) in [6.45, 7) is 3.72. The SMILES string of the molecule is CCC[C@H]1OC[C@]2(O)COC[C@H]12. The minimum absolute atomic E-state index is 0.220. The van der Waals surface area contributed by atoms with Crippen LogP contribution in [-0.4, -0.2) is 36.6 Å². The number of rotatable bonds is 2. The van der Waals surface area contributed by atoms with Crippen LogP contribution in [0.5, 0.6) is 0 Å². The van der Waals surface area contributed by atoms with Crippen LogP contribution in [0, 0.1) is 5.92 Å². The average Bonchev–Trinajstić information content (AvgIpc) is 2.51. The summed E-state index contributed by atoms with van der Waals surface area (Å²) < 4.78 is 10.8. The Morgan fingerprint density at radius 1 is 1.50 bits per heavy atom. The van der Waals surface area contributed by atoms with Gasteiger partial charge in [-0.2, -0.15) is 0 Å². The van der Waals surface area contributed by atoms with E-state index in [2.05, 4.69) is 6.92 Å². The van der Waals surface area contributed by atoms with Gasteiger partial charge >= 0.3 is 0 Å². The summed E-state index contributed by atoms with van der Waals surface area (Å²) in [4.78, 5) is 0. The van der Waals surface area contributed by atoms with Crippen molar-refractivity contribution in [1.29, 1.82) is 0 Å². The number of hydrogen-bond donors (Lipinski definition) is 1. The Morgan fingerprint density at radius 2 is 2.33 bits per heavy atom. The quantitative estimate of drug-likeness (QED) is 0.661. The molecule has 0 aromatic carbocycles. The van der Waals surface area contributed by atoms with Crippen LogP contribution in [0.1, 0.15) is 19.8 Å². The van der Waals surface area contributed by atoms with Crippen molar-refractivity contribution in [1.82, 2.24) is 0 Å². The third-order valence-electron chi connectivity index (χ3n) is 2.91. The standard InChI is InChI=1S/C9H16O3/c1-2-3-8-7-4-11-5-9(7,10)6-12-8/h7-8,10H,2-6H2,1H3/t7-,8-,9-/m1/s1. The fourth-order valence-corrected chi connectivity index (χ4v) is 2.16. The monoisotopic (exact) mass is 172 g/mol. The number of aliphatic hydroxyl groups is 1. The number of fused-ring (bicyclic) bond motifs is 1. The Bertz CT molecular complexity index is 171. The van der Waals surface area contributed by atoms with Gasteiger partial charge in [-0.1, -0.05) is 13.3 Å². The molecule has 2 heterocycles. The van der Waals surface area contributed by atoms with Gasteiger partial charge in [0.2, 0.25) is 0 Å². The van der Waals surface area contributed by atoms with Crippen molar-refractivity contribution in [3.63, 3.8) is 0 Å². The molecule has 0 spiro atoms. The van der Waals surface area contributed by atoms with E-state index >= 15 is 0 Å². The second-order valence-corrected chi connectivity index (χ2v) is 3.86. The normalized spacial score (nSPS) is 46.5. The van der Waals surface area contributed by atoms with Gasteiger partial charge in [0, 0.05) is 5.92 Å². The predicted molar refractivity (Wildman–Crippen MR) is 43.9 cm³/mol. The second-order valence-electron chi connectivity index (χ2n) is 3.86. The van der Waals surface area contributed by atoms with Crippen LogP contribution >= 0.6 is 0 Å². The summed E-state index contributed by atoms with van der Waals surface area (Å²) in [6, 6.07) is 0. The van der Waals surface area contributed by atoms with E-state index in [1.165, 1.54) is 0 Å². The van der Waals surface area contributed by atoms with Gasteiger partial charge in [0.05, 0.1) is 25.9 Å². The number of hydrogen-bond acceptors (Lipinski definition) is 3. The highest BCUT2D eigenvalue weighted by Gasteiger charge is 2.52. The van der Waals surface area contributed by atoms with Crippen molar-refractivity contribution in [3.8, 4) is 0 Å². The van der Waals surface area contributed by atoms with E-state index in [4.69, 9.17) is 9.47 Å². The zero-order valence-electron chi connectivity index (χ0n) is 7.45. The molecule has 3 nitrogen and oxygen atoms in total. The first-order chi connectivity index (χ1) is 5.76. The van der Waals surface area contributed by atoms with E-state index in [9.17, 15) is 5.11 Å². The molecule has 2 saturated heterocycles. The van der Waals surface area contributed by atoms with Gasteiger partial charge in [0.25, 0.3) is 0 Å². The van der Waals surface area contributed by atoms with Crippen LogP contribution in [0.4, 0.5) is 0 Å². The summed E-state index contributed by atoms with van der Waals surface area (Å²) in [7, 11) is 0. The molecule has 1 N–H and O–H groups in total. The largest absolute Gasteiger partial charge is 0.385 e. The van der Waals surface area contributed by atoms with Crippen molar-refractivity contribution < 1.29 is 14.6 Å². The lowest BCUT2D eigenvalue weighted by molar-refractivity contribution is -0.00968. The van der Waals surface area contributed by atoms with Crippen LogP contribution in [0.25, 0.3) is 0 Å². The molecule has 0 bridgehead atoms. The summed E-state index contributed by atoms with van der Waals surface area (Å²) in [5, 5.41) is 9.98. The Balaban J connectivity index is 2.03. The molecular weight excluding hydrogens is 156 g/mol. The van der Waals surface area contributed by atoms with Gasteiger partial charge < -0.3 is 14.6 Å². The molecule has 3 heteroatoms. The predicted octanol–water partition coefficient (Wildman–Crippen LogP) is 0.563. The zero-order valence-corrected chi connectivity index (χ0v) is 7.45. The van der Waals surface area contributed by atoms with Crippen molar-refractivity contribution in [3.05, 3.63) is 0 Å². The lowest BCUT2D eigenvalue weighted by Gasteiger charge is -2.19. The maximum Gasteiger partial charge on any atom is 0.119 e. The first-order valence-electron chi connectivity index (χ1n) is 4.68. The molecule has 3 atom stereocenters. The van der Waals surface area contributed by atoms with Crippen molar-refractivity contribution in [2.75, 3.05) is 19.8 Å². The van der Waals surface area contributed by atoms with E-state index in [1.54, 1.807) is 0 Å². The third-order valence-corrected chi connectivity index (χ3v) is 2.91. The molecular formula is C9H16O3. The van der Waals surface area contributed by atoms with E-state index in [0.29, 0.717) is 19.8 Å². The van der Waals surface area contributed by atoms with Crippen LogP contribution in [0.15, 0.2) is 0 Å². The molecule has 2 aliphatic rings. The minimum atomic E-state index is -0.667. The summed E-state index contributed by atoms with van der Waals surface area (Å²) >= 11 is 0. The molecule has 0 amide bonds. The Labute approximate surface area is 72.7 Å². The molecule has 12 heavy (non-hydrogen) atoms. The zero-order chi connectivity index (χ0) is 8.60. The molecule has 0 aliphatic carbocycles. The summed E-state index contributed by atoms with van der Waals surface area (Å²) in [5.41, 5.74) is -0.667. The van der Waals surface area contributed by atoms with E-state index in [-0.39, 0.29) is 12.0 Å². The first kappa shape index (κ1) is 8.48. The van der Waals surface area contributed by atoms with Crippen LogP contribution in [0.2, 0.25) is 0 Å². The van der Waals surface area contributed by atoms with Gasteiger partial charge in [-0.3, -0.25) is 0 Å². The van der Waals surface area contributed by atoms with E-state index < -0.39 is 5.60 Å². The van der Waals surface area contributed by atoms with Crippen LogP contribution in [0.3, 0.4) is 0 Å². The van der Waals surface area contributed by atoms with Crippen LogP contribution < -0.4 is 0 Å². The Morgan fingerprint density at radius 3 is 3.08 bits per heavy atom. The molecule has 0 aromatic rings. The topological polar surface area (TPSA) is 38.7 Å². The minimum Gasteiger partial charge on any atom is -0.385 e.